The monoisotopic (exact) mass is 363 g/mol. The van der Waals surface area contributed by atoms with Crippen LogP contribution in [0, 0.1) is 0 Å². The smallest absolute Gasteiger partial charge is 0.253 e. The molecule has 0 saturated carbocycles. The molecular formula is C20H21N5O2. The Labute approximate surface area is 156 Å². The molecule has 3 N–H and O–H groups in total. The third kappa shape index (κ3) is 3.11. The van der Waals surface area contributed by atoms with E-state index < -0.39 is 5.60 Å². The number of hydrogen-bond donors (Lipinski definition) is 2. The molecule has 2 aromatic heterocycles. The second-order valence-electron chi connectivity index (χ2n) is 6.57. The van der Waals surface area contributed by atoms with Crippen molar-refractivity contribution in [3.63, 3.8) is 0 Å². The van der Waals surface area contributed by atoms with Crippen LogP contribution in [0.1, 0.15) is 11.4 Å². The molecule has 0 amide bonds. The molecule has 7 heteroatoms. The Morgan fingerprint density at radius 3 is 2.59 bits per heavy atom. The fourth-order valence-electron chi connectivity index (χ4n) is 3.39. The van der Waals surface area contributed by atoms with E-state index in [1.165, 1.54) is 6.07 Å². The molecule has 0 radical (unpaired) electrons. The minimum Gasteiger partial charge on any atom is -0.399 e. The summed E-state index contributed by atoms with van der Waals surface area (Å²) in [5, 5.41) is 3.37. The summed E-state index contributed by atoms with van der Waals surface area (Å²) < 4.78 is 7.82. The van der Waals surface area contributed by atoms with Crippen molar-refractivity contribution in [3.8, 4) is 11.3 Å². The van der Waals surface area contributed by atoms with Crippen molar-refractivity contribution in [2.24, 2.45) is 7.05 Å². The number of morpholine rings is 1. The average Bonchev–Trinajstić information content (AvgIpc) is 2.71. The topological polar surface area (TPSA) is 95.1 Å². The molecule has 1 aliphatic rings. The molecule has 0 bridgehead atoms. The third-order valence-electron chi connectivity index (χ3n) is 4.85. The van der Waals surface area contributed by atoms with E-state index in [4.69, 9.17) is 15.5 Å². The summed E-state index contributed by atoms with van der Waals surface area (Å²) >= 11 is 0. The number of nitrogen functional groups attached to an aromatic ring is 1. The van der Waals surface area contributed by atoms with E-state index in [0.717, 1.165) is 17.7 Å². The minimum atomic E-state index is -0.872. The minimum absolute atomic E-state index is 0.143. The molecule has 3 aromatic rings. The molecule has 0 spiro atoms. The lowest BCUT2D eigenvalue weighted by Crippen LogP contribution is -2.51. The van der Waals surface area contributed by atoms with E-state index in [1.54, 1.807) is 24.0 Å². The molecule has 1 fully saturated rings. The molecule has 7 nitrogen and oxygen atoms in total. The van der Waals surface area contributed by atoms with Crippen LogP contribution in [0.5, 0.6) is 0 Å². The standard InChI is InChI=1S/C20H21N5O2/c1-25-18(26)12-17(14-6-8-22-9-7-14)24-19(25)20(13-23-10-11-27-20)15-2-4-16(21)5-3-15/h2-9,12,23H,10-11,13,21H2,1H3/t20-/m1/s1. The summed E-state index contributed by atoms with van der Waals surface area (Å²) in [6.07, 6.45) is 3.37. The first-order chi connectivity index (χ1) is 13.1. The predicted molar refractivity (Wildman–Crippen MR) is 103 cm³/mol. The zero-order valence-electron chi connectivity index (χ0n) is 15.1. The van der Waals surface area contributed by atoms with Crippen LogP contribution < -0.4 is 16.6 Å². The van der Waals surface area contributed by atoms with Crippen LogP contribution in [0.15, 0.2) is 59.7 Å². The molecule has 0 aliphatic carbocycles. The fraction of sp³-hybridized carbons (Fsp3) is 0.250. The van der Waals surface area contributed by atoms with Crippen LogP contribution in [0.25, 0.3) is 11.3 Å². The quantitative estimate of drug-likeness (QED) is 0.681. The van der Waals surface area contributed by atoms with Gasteiger partial charge in [-0.1, -0.05) is 12.1 Å². The van der Waals surface area contributed by atoms with Gasteiger partial charge in [0.1, 0.15) is 5.82 Å². The highest BCUT2D eigenvalue weighted by Crippen LogP contribution is 2.34. The van der Waals surface area contributed by atoms with Gasteiger partial charge in [0.25, 0.3) is 5.56 Å². The van der Waals surface area contributed by atoms with Crippen LogP contribution in [0.3, 0.4) is 0 Å². The van der Waals surface area contributed by atoms with Gasteiger partial charge in [-0.2, -0.15) is 0 Å². The van der Waals surface area contributed by atoms with E-state index in [0.29, 0.717) is 30.4 Å². The van der Waals surface area contributed by atoms with Crippen LogP contribution in [-0.4, -0.2) is 34.2 Å². The van der Waals surface area contributed by atoms with Gasteiger partial charge in [-0.15, -0.1) is 0 Å². The van der Waals surface area contributed by atoms with E-state index >= 15 is 0 Å². The molecule has 4 rings (SSSR count). The van der Waals surface area contributed by atoms with Gasteiger partial charge in [0, 0.05) is 49.8 Å². The van der Waals surface area contributed by atoms with Gasteiger partial charge >= 0.3 is 0 Å². The van der Waals surface area contributed by atoms with Gasteiger partial charge in [-0.25, -0.2) is 4.98 Å². The number of benzene rings is 1. The summed E-state index contributed by atoms with van der Waals surface area (Å²) in [6.45, 7) is 1.77. The van der Waals surface area contributed by atoms with Crippen molar-refractivity contribution in [3.05, 3.63) is 76.6 Å². The number of anilines is 1. The second-order valence-corrected chi connectivity index (χ2v) is 6.57. The van der Waals surface area contributed by atoms with E-state index in [1.807, 2.05) is 36.4 Å². The number of ether oxygens (including phenoxy) is 1. The van der Waals surface area contributed by atoms with Crippen molar-refractivity contribution in [1.29, 1.82) is 0 Å². The van der Waals surface area contributed by atoms with Gasteiger partial charge in [0.15, 0.2) is 5.60 Å². The fourth-order valence-corrected chi connectivity index (χ4v) is 3.39. The first kappa shape index (κ1) is 17.4. The van der Waals surface area contributed by atoms with Crippen molar-refractivity contribution in [2.75, 3.05) is 25.4 Å². The highest BCUT2D eigenvalue weighted by Gasteiger charge is 2.41. The molecule has 1 saturated heterocycles. The Balaban J connectivity index is 1.93. The van der Waals surface area contributed by atoms with Gasteiger partial charge < -0.3 is 15.8 Å². The third-order valence-corrected chi connectivity index (χ3v) is 4.85. The largest absolute Gasteiger partial charge is 0.399 e. The normalized spacial score (nSPS) is 19.7. The first-order valence-electron chi connectivity index (χ1n) is 8.80. The molecule has 27 heavy (non-hydrogen) atoms. The van der Waals surface area contributed by atoms with E-state index in [2.05, 4.69) is 10.3 Å². The van der Waals surface area contributed by atoms with Crippen molar-refractivity contribution in [2.45, 2.75) is 5.60 Å². The lowest BCUT2D eigenvalue weighted by atomic mass is 9.90. The van der Waals surface area contributed by atoms with Gasteiger partial charge in [-0.3, -0.25) is 14.3 Å². The summed E-state index contributed by atoms with van der Waals surface area (Å²) in [5.74, 6) is 0.554. The SMILES string of the molecule is Cn1c([C@]2(c3ccc(N)cc3)CNCCO2)nc(-c2ccncc2)cc1=O. The molecular weight excluding hydrogens is 342 g/mol. The van der Waals surface area contributed by atoms with Crippen LogP contribution >= 0.6 is 0 Å². The maximum absolute atomic E-state index is 12.7. The first-order valence-corrected chi connectivity index (χ1v) is 8.80. The Morgan fingerprint density at radius 1 is 1.19 bits per heavy atom. The van der Waals surface area contributed by atoms with E-state index in [9.17, 15) is 4.79 Å². The molecule has 1 aliphatic heterocycles. The highest BCUT2D eigenvalue weighted by atomic mass is 16.5. The Hall–Kier alpha value is -3.03. The van der Waals surface area contributed by atoms with Crippen molar-refractivity contribution >= 4 is 5.69 Å². The lowest BCUT2D eigenvalue weighted by Gasteiger charge is -2.38. The maximum Gasteiger partial charge on any atom is 0.253 e. The zero-order valence-corrected chi connectivity index (χ0v) is 15.1. The van der Waals surface area contributed by atoms with Gasteiger partial charge in [0.2, 0.25) is 0 Å². The molecule has 0 unspecified atom stereocenters. The molecule has 1 aromatic carbocycles. The van der Waals surface area contributed by atoms with E-state index in [-0.39, 0.29) is 5.56 Å². The van der Waals surface area contributed by atoms with Crippen LogP contribution in [-0.2, 0) is 17.4 Å². The Kier molecular flexibility index (Phi) is 4.47. The molecule has 1 atom stereocenters. The molecule has 3 heterocycles. The van der Waals surface area contributed by atoms with Crippen molar-refractivity contribution < 1.29 is 4.74 Å². The number of nitrogens with one attached hydrogen (secondary N) is 1. The lowest BCUT2D eigenvalue weighted by molar-refractivity contribution is -0.0487. The van der Waals surface area contributed by atoms with Crippen LogP contribution in [0.2, 0.25) is 0 Å². The predicted octanol–water partition coefficient (Wildman–Crippen LogP) is 1.29. The van der Waals surface area contributed by atoms with Gasteiger partial charge in [-0.05, 0) is 29.8 Å². The number of pyridine rings is 1. The Bertz CT molecular complexity index is 993. The Morgan fingerprint density at radius 2 is 1.93 bits per heavy atom. The van der Waals surface area contributed by atoms with Crippen LogP contribution in [0.4, 0.5) is 5.69 Å². The van der Waals surface area contributed by atoms with Crippen molar-refractivity contribution in [1.82, 2.24) is 19.9 Å². The summed E-state index contributed by atoms with van der Waals surface area (Å²) in [4.78, 5) is 21.6. The number of rotatable bonds is 3. The zero-order chi connectivity index (χ0) is 18.9. The summed E-state index contributed by atoms with van der Waals surface area (Å²) in [5.41, 5.74) is 7.85. The summed E-state index contributed by atoms with van der Waals surface area (Å²) in [7, 11) is 1.72. The number of nitrogens with zero attached hydrogens (tertiary/aromatic N) is 3. The average molecular weight is 363 g/mol. The number of hydrogen-bond acceptors (Lipinski definition) is 6. The molecule has 138 valence electrons. The second kappa shape index (κ2) is 6.94. The maximum atomic E-state index is 12.7. The summed E-state index contributed by atoms with van der Waals surface area (Å²) in [6, 6.07) is 12.7. The number of nitrogens with two attached hydrogens (primary N) is 1. The van der Waals surface area contributed by atoms with Gasteiger partial charge in [0.05, 0.1) is 12.3 Å². The number of aromatic nitrogens is 3. The highest BCUT2D eigenvalue weighted by molar-refractivity contribution is 5.58.